The van der Waals surface area contributed by atoms with Crippen LogP contribution < -0.4 is 10.2 Å². The van der Waals surface area contributed by atoms with E-state index in [1.165, 1.54) is 22.6 Å². The largest absolute Gasteiger partial charge is 0.363 e. The third-order valence-electron chi connectivity index (χ3n) is 6.07. The summed E-state index contributed by atoms with van der Waals surface area (Å²) in [6.45, 7) is 1.81. The number of aromatic nitrogens is 3. The number of carbonyl (C=O) groups excluding carboxylic acids is 1. The average molecular weight is 458 g/mol. The van der Waals surface area contributed by atoms with Crippen LogP contribution in [0, 0.1) is 0 Å². The molecule has 0 saturated carbocycles. The van der Waals surface area contributed by atoms with Crippen molar-refractivity contribution in [2.45, 2.75) is 38.3 Å². The first kappa shape index (κ1) is 21.4. The standard InChI is InChI=1S/C26H27N5OS/c32-25(24-13-6-16-30(24)15-5-9-20-8-4-14-27-18-20)29-26-28-22(19-33-26)23-12-7-17-31(23)21-10-2-1-3-11-21/h1-4,6,8,10-11,13-14,16,18-19,23H,5,7,9,12,15,17H2,(H,28,29,32). The molecule has 1 aliphatic rings. The second-order valence-corrected chi connectivity index (χ2v) is 9.13. The van der Waals surface area contributed by atoms with Crippen LogP contribution in [0.1, 0.15) is 47.1 Å². The number of pyridine rings is 1. The fourth-order valence-corrected chi connectivity index (χ4v) is 5.23. The maximum absolute atomic E-state index is 13.0. The Morgan fingerprint density at radius 3 is 2.88 bits per heavy atom. The summed E-state index contributed by atoms with van der Waals surface area (Å²) in [6, 6.07) is 18.6. The predicted octanol–water partition coefficient (Wildman–Crippen LogP) is 5.57. The SMILES string of the molecule is O=C(Nc1nc(C2CCCN2c2ccccc2)cs1)c1cccn1CCCc1cccnc1. The molecule has 0 aliphatic carbocycles. The summed E-state index contributed by atoms with van der Waals surface area (Å²) >= 11 is 1.49. The van der Waals surface area contributed by atoms with Crippen molar-refractivity contribution in [3.05, 3.63) is 95.5 Å². The summed E-state index contributed by atoms with van der Waals surface area (Å²) in [5.41, 5.74) is 4.12. The monoisotopic (exact) mass is 457 g/mol. The first-order valence-electron chi connectivity index (χ1n) is 11.4. The van der Waals surface area contributed by atoms with Crippen LogP contribution in [0.25, 0.3) is 0 Å². The number of thiazole rings is 1. The molecule has 1 saturated heterocycles. The number of benzene rings is 1. The lowest BCUT2D eigenvalue weighted by molar-refractivity contribution is 0.101. The molecule has 1 unspecified atom stereocenters. The van der Waals surface area contributed by atoms with Gasteiger partial charge >= 0.3 is 0 Å². The van der Waals surface area contributed by atoms with Crippen molar-refractivity contribution >= 4 is 28.1 Å². The number of hydrogen-bond donors (Lipinski definition) is 1. The average Bonchev–Trinajstić information content (AvgIpc) is 3.61. The number of nitrogens with one attached hydrogen (secondary N) is 1. The highest BCUT2D eigenvalue weighted by Gasteiger charge is 2.28. The molecule has 168 valence electrons. The van der Waals surface area contributed by atoms with Crippen LogP contribution in [0.2, 0.25) is 0 Å². The quantitative estimate of drug-likeness (QED) is 0.376. The highest BCUT2D eigenvalue weighted by molar-refractivity contribution is 7.14. The van der Waals surface area contributed by atoms with Crippen LogP contribution in [0.15, 0.2) is 78.6 Å². The van der Waals surface area contributed by atoms with Crippen LogP contribution in [-0.2, 0) is 13.0 Å². The van der Waals surface area contributed by atoms with Crippen LogP contribution in [0.5, 0.6) is 0 Å². The lowest BCUT2D eigenvalue weighted by atomic mass is 10.1. The van der Waals surface area contributed by atoms with E-state index in [0.717, 1.165) is 44.5 Å². The number of anilines is 2. The van der Waals surface area contributed by atoms with Crippen LogP contribution in [-0.4, -0.2) is 27.0 Å². The molecule has 4 aromatic rings. The smallest absolute Gasteiger partial charge is 0.274 e. The lowest BCUT2D eigenvalue weighted by Crippen LogP contribution is -2.22. The van der Waals surface area contributed by atoms with Gasteiger partial charge in [0, 0.05) is 42.7 Å². The van der Waals surface area contributed by atoms with E-state index in [1.54, 1.807) is 6.20 Å². The lowest BCUT2D eigenvalue weighted by Gasteiger charge is -2.25. The van der Waals surface area contributed by atoms with E-state index in [2.05, 4.69) is 50.9 Å². The minimum atomic E-state index is -0.117. The van der Waals surface area contributed by atoms with Crippen LogP contribution >= 0.6 is 11.3 Å². The van der Waals surface area contributed by atoms with E-state index < -0.39 is 0 Å². The van der Waals surface area contributed by atoms with Crippen molar-refractivity contribution in [1.82, 2.24) is 14.5 Å². The number of aryl methyl sites for hydroxylation is 2. The molecule has 3 aromatic heterocycles. The number of carbonyl (C=O) groups is 1. The maximum atomic E-state index is 13.0. The van der Waals surface area contributed by atoms with Crippen LogP contribution in [0.4, 0.5) is 10.8 Å². The van der Waals surface area contributed by atoms with Gasteiger partial charge in [0.1, 0.15) is 5.69 Å². The molecule has 1 fully saturated rings. The third-order valence-corrected chi connectivity index (χ3v) is 6.85. The van der Waals surface area contributed by atoms with Crippen molar-refractivity contribution in [2.24, 2.45) is 0 Å². The molecule has 1 atom stereocenters. The Morgan fingerprint density at radius 2 is 2.03 bits per heavy atom. The Labute approximate surface area is 197 Å². The van der Waals surface area contributed by atoms with Crippen LogP contribution in [0.3, 0.4) is 0 Å². The maximum Gasteiger partial charge on any atom is 0.274 e. The predicted molar refractivity (Wildman–Crippen MR) is 133 cm³/mol. The Balaban J connectivity index is 1.21. The third kappa shape index (κ3) is 4.98. The van der Waals surface area contributed by atoms with E-state index >= 15 is 0 Å². The molecule has 5 rings (SSSR count). The molecule has 1 N–H and O–H groups in total. The van der Waals surface area contributed by atoms with Gasteiger partial charge in [-0.05, 0) is 61.6 Å². The summed E-state index contributed by atoms with van der Waals surface area (Å²) in [5.74, 6) is -0.117. The topological polar surface area (TPSA) is 63.1 Å². The van der Waals surface area contributed by atoms with Gasteiger partial charge in [-0.2, -0.15) is 0 Å². The van der Waals surface area contributed by atoms with Gasteiger partial charge in [-0.25, -0.2) is 4.98 Å². The molecule has 1 amide bonds. The summed E-state index contributed by atoms with van der Waals surface area (Å²) in [5, 5.41) is 5.74. The van der Waals surface area contributed by atoms with E-state index in [9.17, 15) is 4.79 Å². The zero-order valence-corrected chi connectivity index (χ0v) is 19.2. The molecule has 33 heavy (non-hydrogen) atoms. The molecule has 6 nitrogen and oxygen atoms in total. The second-order valence-electron chi connectivity index (χ2n) is 8.27. The number of hydrogen-bond acceptors (Lipinski definition) is 5. The van der Waals surface area contributed by atoms with E-state index in [4.69, 9.17) is 4.98 Å². The first-order valence-corrected chi connectivity index (χ1v) is 12.3. The van der Waals surface area contributed by atoms with Gasteiger partial charge in [0.25, 0.3) is 5.91 Å². The fourth-order valence-electron chi connectivity index (χ4n) is 4.48. The highest BCUT2D eigenvalue weighted by atomic mass is 32.1. The number of para-hydroxylation sites is 1. The van der Waals surface area contributed by atoms with E-state index in [0.29, 0.717) is 10.8 Å². The summed E-state index contributed by atoms with van der Waals surface area (Å²) in [4.78, 5) is 24.3. The molecule has 1 aromatic carbocycles. The number of rotatable bonds is 8. The summed E-state index contributed by atoms with van der Waals surface area (Å²) in [6.07, 6.45) is 9.74. The van der Waals surface area contributed by atoms with Crippen molar-refractivity contribution in [3.8, 4) is 0 Å². The van der Waals surface area contributed by atoms with Gasteiger partial charge in [0.15, 0.2) is 5.13 Å². The Kier molecular flexibility index (Phi) is 6.48. The van der Waals surface area contributed by atoms with Gasteiger partial charge in [-0.3, -0.25) is 15.1 Å². The van der Waals surface area contributed by atoms with E-state index in [-0.39, 0.29) is 11.9 Å². The normalized spacial score (nSPS) is 15.6. The van der Waals surface area contributed by atoms with Crippen molar-refractivity contribution in [2.75, 3.05) is 16.8 Å². The van der Waals surface area contributed by atoms with Gasteiger partial charge in [0.05, 0.1) is 11.7 Å². The van der Waals surface area contributed by atoms with Crippen molar-refractivity contribution in [3.63, 3.8) is 0 Å². The Morgan fingerprint density at radius 1 is 1.12 bits per heavy atom. The van der Waals surface area contributed by atoms with Crippen molar-refractivity contribution in [1.29, 1.82) is 0 Å². The minimum absolute atomic E-state index is 0.117. The zero-order valence-electron chi connectivity index (χ0n) is 18.4. The van der Waals surface area contributed by atoms with E-state index in [1.807, 2.05) is 41.2 Å². The molecule has 4 heterocycles. The number of amides is 1. The molecule has 7 heteroatoms. The molecular weight excluding hydrogens is 430 g/mol. The molecule has 0 radical (unpaired) electrons. The summed E-state index contributed by atoms with van der Waals surface area (Å²) in [7, 11) is 0. The molecule has 0 bridgehead atoms. The van der Waals surface area contributed by atoms with Gasteiger partial charge in [-0.15, -0.1) is 11.3 Å². The number of nitrogens with zero attached hydrogens (tertiary/aromatic N) is 4. The zero-order chi connectivity index (χ0) is 22.5. The Bertz CT molecular complexity index is 1190. The summed E-state index contributed by atoms with van der Waals surface area (Å²) < 4.78 is 2.01. The molecular formula is C26H27N5OS. The Hall–Kier alpha value is -3.45. The highest BCUT2D eigenvalue weighted by Crippen LogP contribution is 2.37. The molecule has 0 spiro atoms. The fraction of sp³-hybridized carbons (Fsp3) is 0.269. The molecule has 1 aliphatic heterocycles. The minimum Gasteiger partial charge on any atom is -0.363 e. The van der Waals surface area contributed by atoms with Gasteiger partial charge < -0.3 is 9.47 Å². The second kappa shape index (κ2) is 10.0. The first-order chi connectivity index (χ1) is 16.3. The van der Waals surface area contributed by atoms with Gasteiger partial charge in [0.2, 0.25) is 0 Å². The van der Waals surface area contributed by atoms with Gasteiger partial charge in [-0.1, -0.05) is 24.3 Å². The van der Waals surface area contributed by atoms with Crippen molar-refractivity contribution < 1.29 is 4.79 Å².